The molecule has 0 saturated heterocycles. The Labute approximate surface area is 164 Å². The predicted octanol–water partition coefficient (Wildman–Crippen LogP) is 2.12. The van der Waals surface area contributed by atoms with Crippen LogP contribution in [0.3, 0.4) is 0 Å². The maximum atomic E-state index is 12.8. The third-order valence-electron chi connectivity index (χ3n) is 4.11. The molecule has 3 aromatic rings. The van der Waals surface area contributed by atoms with Crippen LogP contribution in [0.1, 0.15) is 31.1 Å². The second-order valence-electron chi connectivity index (χ2n) is 6.95. The van der Waals surface area contributed by atoms with Gasteiger partial charge in [0, 0.05) is 25.7 Å². The van der Waals surface area contributed by atoms with Gasteiger partial charge in [0.25, 0.3) is 5.89 Å². The molecule has 3 aromatic heterocycles. The molecule has 0 amide bonds. The zero-order valence-electron chi connectivity index (χ0n) is 16.4. The van der Waals surface area contributed by atoms with Crippen molar-refractivity contribution in [3.05, 3.63) is 41.6 Å². The SMILES string of the molecule is Cc1nn(CC(C)C)c(C)c1S(=O)(=O)NCCc1noc(-c2ccccn2)n1. The van der Waals surface area contributed by atoms with Gasteiger partial charge in [0.05, 0.1) is 11.4 Å². The number of nitrogens with one attached hydrogen (secondary N) is 1. The molecule has 10 heteroatoms. The van der Waals surface area contributed by atoms with Crippen molar-refractivity contribution in [1.29, 1.82) is 0 Å². The minimum absolute atomic E-state index is 0.151. The van der Waals surface area contributed by atoms with E-state index in [1.54, 1.807) is 36.9 Å². The molecule has 28 heavy (non-hydrogen) atoms. The van der Waals surface area contributed by atoms with Crippen molar-refractivity contribution in [2.45, 2.75) is 45.6 Å². The quantitative estimate of drug-likeness (QED) is 0.611. The molecular weight excluding hydrogens is 380 g/mol. The summed E-state index contributed by atoms with van der Waals surface area (Å²) in [6, 6.07) is 5.38. The van der Waals surface area contributed by atoms with Gasteiger partial charge in [0.2, 0.25) is 10.0 Å². The fourth-order valence-electron chi connectivity index (χ4n) is 2.91. The first-order valence-electron chi connectivity index (χ1n) is 9.05. The van der Waals surface area contributed by atoms with Crippen molar-refractivity contribution in [2.75, 3.05) is 6.54 Å². The zero-order valence-corrected chi connectivity index (χ0v) is 17.2. The van der Waals surface area contributed by atoms with Crippen molar-refractivity contribution < 1.29 is 12.9 Å². The Bertz CT molecular complexity index is 1040. The van der Waals surface area contributed by atoms with Crippen molar-refractivity contribution in [3.8, 4) is 11.6 Å². The van der Waals surface area contributed by atoms with Crippen LogP contribution in [0, 0.1) is 19.8 Å². The molecule has 0 saturated carbocycles. The van der Waals surface area contributed by atoms with Gasteiger partial charge in [-0.05, 0) is 31.9 Å². The highest BCUT2D eigenvalue weighted by Gasteiger charge is 2.24. The Balaban J connectivity index is 1.66. The average molecular weight is 404 g/mol. The highest BCUT2D eigenvalue weighted by atomic mass is 32.2. The van der Waals surface area contributed by atoms with Crippen LogP contribution in [0.4, 0.5) is 0 Å². The van der Waals surface area contributed by atoms with Crippen LogP contribution in [-0.4, -0.2) is 39.9 Å². The molecule has 3 heterocycles. The van der Waals surface area contributed by atoms with Crippen molar-refractivity contribution >= 4 is 10.0 Å². The molecule has 150 valence electrons. The minimum Gasteiger partial charge on any atom is -0.332 e. The van der Waals surface area contributed by atoms with E-state index >= 15 is 0 Å². The Morgan fingerprint density at radius 3 is 2.71 bits per heavy atom. The van der Waals surface area contributed by atoms with Gasteiger partial charge >= 0.3 is 0 Å². The van der Waals surface area contributed by atoms with Crippen LogP contribution in [0.5, 0.6) is 0 Å². The van der Waals surface area contributed by atoms with Crippen LogP contribution in [0.25, 0.3) is 11.6 Å². The summed E-state index contributed by atoms with van der Waals surface area (Å²) in [5, 5.41) is 8.25. The van der Waals surface area contributed by atoms with E-state index in [2.05, 4.69) is 38.8 Å². The number of hydrogen-bond acceptors (Lipinski definition) is 7. The summed E-state index contributed by atoms with van der Waals surface area (Å²) < 4.78 is 35.0. The number of aromatic nitrogens is 5. The third kappa shape index (κ3) is 4.45. The molecule has 0 fully saturated rings. The average Bonchev–Trinajstić information content (AvgIpc) is 3.20. The number of hydrogen-bond donors (Lipinski definition) is 1. The molecule has 9 nitrogen and oxygen atoms in total. The van der Waals surface area contributed by atoms with Crippen molar-refractivity contribution in [3.63, 3.8) is 0 Å². The van der Waals surface area contributed by atoms with Gasteiger partial charge < -0.3 is 4.52 Å². The Morgan fingerprint density at radius 2 is 2.04 bits per heavy atom. The third-order valence-corrected chi connectivity index (χ3v) is 5.83. The summed E-state index contributed by atoms with van der Waals surface area (Å²) in [7, 11) is -3.68. The lowest BCUT2D eigenvalue weighted by atomic mass is 10.2. The van der Waals surface area contributed by atoms with E-state index in [-0.39, 0.29) is 11.4 Å². The fraction of sp³-hybridized carbons (Fsp3) is 0.444. The summed E-state index contributed by atoms with van der Waals surface area (Å²) in [4.78, 5) is 8.63. The Hall–Kier alpha value is -2.59. The van der Waals surface area contributed by atoms with Gasteiger partial charge in [-0.2, -0.15) is 10.1 Å². The van der Waals surface area contributed by atoms with E-state index in [4.69, 9.17) is 4.52 Å². The van der Waals surface area contributed by atoms with Gasteiger partial charge in [-0.15, -0.1) is 0 Å². The Kier molecular flexibility index (Phi) is 5.90. The number of sulfonamides is 1. The van der Waals surface area contributed by atoms with Gasteiger partial charge in [0.1, 0.15) is 10.6 Å². The maximum absolute atomic E-state index is 12.8. The Morgan fingerprint density at radius 1 is 1.25 bits per heavy atom. The summed E-state index contributed by atoms with van der Waals surface area (Å²) >= 11 is 0. The first-order valence-corrected chi connectivity index (χ1v) is 10.5. The lowest BCUT2D eigenvalue weighted by molar-refractivity contribution is 0.421. The lowest BCUT2D eigenvalue weighted by Crippen LogP contribution is -2.27. The van der Waals surface area contributed by atoms with Crippen LogP contribution in [0.2, 0.25) is 0 Å². The molecule has 0 aromatic carbocycles. The number of aryl methyl sites for hydroxylation is 1. The number of nitrogens with zero attached hydrogens (tertiary/aromatic N) is 5. The monoisotopic (exact) mass is 404 g/mol. The first kappa shape index (κ1) is 20.2. The molecule has 0 aliphatic heterocycles. The van der Waals surface area contributed by atoms with E-state index in [0.29, 0.717) is 47.7 Å². The van der Waals surface area contributed by atoms with E-state index in [0.717, 1.165) is 0 Å². The normalized spacial score (nSPS) is 12.0. The minimum atomic E-state index is -3.68. The van der Waals surface area contributed by atoms with Crippen LogP contribution < -0.4 is 4.72 Å². The topological polar surface area (TPSA) is 116 Å². The highest BCUT2D eigenvalue weighted by molar-refractivity contribution is 7.89. The summed E-state index contributed by atoms with van der Waals surface area (Å²) in [5.41, 5.74) is 1.70. The standard InChI is InChI=1S/C18H24N6O3S/c1-12(2)11-24-14(4)17(13(3)22-24)28(25,26)20-10-8-16-21-18(27-23-16)15-7-5-6-9-19-15/h5-7,9,12,20H,8,10-11H2,1-4H3. The fourth-order valence-corrected chi connectivity index (χ4v) is 4.35. The van der Waals surface area contributed by atoms with E-state index in [1.165, 1.54) is 0 Å². The van der Waals surface area contributed by atoms with E-state index < -0.39 is 10.0 Å². The second-order valence-corrected chi connectivity index (χ2v) is 8.66. The molecule has 0 aliphatic carbocycles. The van der Waals surface area contributed by atoms with Gasteiger partial charge in [-0.1, -0.05) is 25.1 Å². The molecule has 0 spiro atoms. The summed E-state index contributed by atoms with van der Waals surface area (Å²) in [6.45, 7) is 8.42. The predicted molar refractivity (Wildman–Crippen MR) is 103 cm³/mol. The first-order chi connectivity index (χ1) is 13.3. The molecular formula is C18H24N6O3S. The van der Waals surface area contributed by atoms with Crippen LogP contribution >= 0.6 is 0 Å². The van der Waals surface area contributed by atoms with Crippen LogP contribution in [0.15, 0.2) is 33.8 Å². The molecule has 0 atom stereocenters. The lowest BCUT2D eigenvalue weighted by Gasteiger charge is -2.09. The number of pyridine rings is 1. The van der Waals surface area contributed by atoms with Gasteiger partial charge in [-0.25, -0.2) is 13.1 Å². The molecule has 3 rings (SSSR count). The highest BCUT2D eigenvalue weighted by Crippen LogP contribution is 2.20. The molecule has 1 N–H and O–H groups in total. The molecule has 0 unspecified atom stereocenters. The van der Waals surface area contributed by atoms with Crippen molar-refractivity contribution in [1.82, 2.24) is 29.6 Å². The van der Waals surface area contributed by atoms with E-state index in [1.807, 2.05) is 6.07 Å². The van der Waals surface area contributed by atoms with Crippen LogP contribution in [-0.2, 0) is 23.0 Å². The largest absolute Gasteiger partial charge is 0.332 e. The summed E-state index contributed by atoms with van der Waals surface area (Å²) in [5.74, 6) is 1.08. The molecule has 0 radical (unpaired) electrons. The smallest absolute Gasteiger partial charge is 0.276 e. The maximum Gasteiger partial charge on any atom is 0.276 e. The van der Waals surface area contributed by atoms with Crippen molar-refractivity contribution in [2.24, 2.45) is 5.92 Å². The second kappa shape index (κ2) is 8.19. The number of rotatable bonds is 8. The van der Waals surface area contributed by atoms with E-state index in [9.17, 15) is 8.42 Å². The van der Waals surface area contributed by atoms with Gasteiger partial charge in [0.15, 0.2) is 5.82 Å². The molecule has 0 aliphatic rings. The van der Waals surface area contributed by atoms with Gasteiger partial charge in [-0.3, -0.25) is 9.67 Å². The molecule has 0 bridgehead atoms. The summed E-state index contributed by atoms with van der Waals surface area (Å²) in [6.07, 6.45) is 1.94. The zero-order chi connectivity index (χ0) is 20.3.